The number of allylic oxidation sites excluding steroid dienone is 2. The van der Waals surface area contributed by atoms with E-state index in [0.29, 0.717) is 12.0 Å². The topological polar surface area (TPSA) is 24.1 Å². The Kier molecular flexibility index (Phi) is 3.36. The van der Waals surface area contributed by atoms with Gasteiger partial charge in [-0.25, -0.2) is 0 Å². The molecule has 5 rings (SSSR count). The monoisotopic (exact) mass is 340 g/mol. The lowest BCUT2D eigenvalue weighted by atomic mass is 9.79. The number of rotatable bonds is 2. The predicted octanol–water partition coefficient (Wildman–Crippen LogP) is 5.48. The zero-order valence-electron chi connectivity index (χ0n) is 15.2. The fraction of sp³-hybridized carbons (Fsp3) is 0.250. The Hall–Kier alpha value is -2.74. The molecule has 2 N–H and O–H groups in total. The Morgan fingerprint density at radius 3 is 2.58 bits per heavy atom. The second kappa shape index (κ2) is 5.63. The van der Waals surface area contributed by atoms with Gasteiger partial charge in [0.2, 0.25) is 0 Å². The minimum atomic E-state index is 0.0523. The Morgan fingerprint density at radius 2 is 1.73 bits per heavy atom. The second-order valence-electron chi connectivity index (χ2n) is 8.06. The Morgan fingerprint density at radius 1 is 0.923 bits per heavy atom. The average molecular weight is 340 g/mol. The van der Waals surface area contributed by atoms with Crippen LogP contribution >= 0.6 is 0 Å². The number of hydrogen-bond donors (Lipinski definition) is 2. The van der Waals surface area contributed by atoms with Crippen LogP contribution in [0.2, 0.25) is 0 Å². The summed E-state index contributed by atoms with van der Waals surface area (Å²) < 4.78 is 0. The first-order valence-electron chi connectivity index (χ1n) is 9.43. The van der Waals surface area contributed by atoms with Gasteiger partial charge in [-0.3, -0.25) is 0 Å². The smallest absolute Gasteiger partial charge is 0.0551 e. The summed E-state index contributed by atoms with van der Waals surface area (Å²) in [6, 6.07) is 15.9. The van der Waals surface area contributed by atoms with Gasteiger partial charge in [0.1, 0.15) is 0 Å². The molecule has 3 atom stereocenters. The average Bonchev–Trinajstić information content (AvgIpc) is 3.14. The van der Waals surface area contributed by atoms with Gasteiger partial charge in [0.15, 0.2) is 0 Å². The first-order chi connectivity index (χ1) is 12.6. The molecule has 3 aliphatic rings. The summed E-state index contributed by atoms with van der Waals surface area (Å²) in [5.41, 5.74) is 6.67. The van der Waals surface area contributed by atoms with E-state index in [0.717, 1.165) is 0 Å². The third-order valence-electron chi connectivity index (χ3n) is 6.07. The van der Waals surface area contributed by atoms with Gasteiger partial charge in [-0.05, 0) is 28.8 Å². The maximum absolute atomic E-state index is 3.76. The molecule has 0 fully saturated rings. The van der Waals surface area contributed by atoms with Crippen molar-refractivity contribution in [2.24, 2.45) is 0 Å². The van der Waals surface area contributed by atoms with E-state index >= 15 is 0 Å². The Labute approximate surface area is 155 Å². The van der Waals surface area contributed by atoms with E-state index in [2.05, 4.69) is 103 Å². The lowest BCUT2D eigenvalue weighted by Gasteiger charge is -2.25. The summed E-state index contributed by atoms with van der Waals surface area (Å²) in [5.74, 6) is 0.448. The molecule has 0 saturated heterocycles. The highest BCUT2D eigenvalue weighted by Crippen LogP contribution is 2.48. The molecule has 2 aromatic carbocycles. The molecular weight excluding hydrogens is 316 g/mol. The number of benzene rings is 2. The number of nitrogens with one attached hydrogen (secondary N) is 2. The third-order valence-corrected chi connectivity index (χ3v) is 6.07. The van der Waals surface area contributed by atoms with Crippen molar-refractivity contribution in [3.8, 4) is 0 Å². The molecule has 2 heteroatoms. The molecule has 26 heavy (non-hydrogen) atoms. The van der Waals surface area contributed by atoms with Crippen LogP contribution in [0.4, 0.5) is 11.4 Å². The van der Waals surface area contributed by atoms with Crippen molar-refractivity contribution >= 4 is 17.5 Å². The molecule has 1 aliphatic carbocycles. The normalized spacial score (nSPS) is 26.9. The number of fused-ring (bicyclic) bond motifs is 4. The van der Waals surface area contributed by atoms with E-state index in [9.17, 15) is 0 Å². The zero-order valence-corrected chi connectivity index (χ0v) is 15.2. The van der Waals surface area contributed by atoms with Crippen LogP contribution in [0.1, 0.15) is 36.5 Å². The van der Waals surface area contributed by atoms with Crippen molar-refractivity contribution in [2.75, 3.05) is 10.6 Å². The molecule has 2 heterocycles. The molecule has 0 aromatic heterocycles. The first kappa shape index (κ1) is 15.5. The molecule has 2 aromatic rings. The van der Waals surface area contributed by atoms with Crippen LogP contribution in [-0.2, 0) is 5.41 Å². The predicted molar refractivity (Wildman–Crippen MR) is 111 cm³/mol. The van der Waals surface area contributed by atoms with Crippen molar-refractivity contribution in [1.29, 1.82) is 0 Å². The van der Waals surface area contributed by atoms with E-state index in [1.54, 1.807) is 0 Å². The third kappa shape index (κ3) is 2.33. The van der Waals surface area contributed by atoms with Gasteiger partial charge in [0.05, 0.1) is 12.1 Å². The van der Waals surface area contributed by atoms with Gasteiger partial charge in [-0.15, -0.1) is 0 Å². The Balaban J connectivity index is 1.48. The highest BCUT2D eigenvalue weighted by molar-refractivity contribution is 5.75. The largest absolute Gasteiger partial charge is 0.378 e. The summed E-state index contributed by atoms with van der Waals surface area (Å²) >= 11 is 0. The fourth-order valence-corrected chi connectivity index (χ4v) is 4.47. The minimum absolute atomic E-state index is 0.0523. The van der Waals surface area contributed by atoms with Crippen LogP contribution < -0.4 is 10.6 Å². The lowest BCUT2D eigenvalue weighted by molar-refractivity contribution is 0.519. The van der Waals surface area contributed by atoms with Crippen LogP contribution in [0.15, 0.2) is 72.8 Å². The van der Waals surface area contributed by atoms with E-state index in [-0.39, 0.29) is 11.5 Å². The van der Waals surface area contributed by atoms with Gasteiger partial charge in [0.25, 0.3) is 0 Å². The molecule has 0 radical (unpaired) electrons. The summed E-state index contributed by atoms with van der Waals surface area (Å²) in [6.07, 6.45) is 13.4. The molecule has 2 aliphatic heterocycles. The van der Waals surface area contributed by atoms with Gasteiger partial charge in [-0.2, -0.15) is 0 Å². The zero-order chi connectivity index (χ0) is 17.7. The van der Waals surface area contributed by atoms with Crippen molar-refractivity contribution in [3.63, 3.8) is 0 Å². The van der Waals surface area contributed by atoms with Crippen LogP contribution in [-0.4, -0.2) is 12.1 Å². The highest BCUT2D eigenvalue weighted by Gasteiger charge is 2.40. The van der Waals surface area contributed by atoms with Gasteiger partial charge in [-0.1, -0.05) is 80.6 Å². The SMILES string of the molecule is CC1(C)c2cc3c(cc2NC1C=Cc1ccccc1)C1C=CC=CC1N3. The van der Waals surface area contributed by atoms with Gasteiger partial charge >= 0.3 is 0 Å². The number of anilines is 2. The van der Waals surface area contributed by atoms with Crippen LogP contribution in [0.3, 0.4) is 0 Å². The van der Waals surface area contributed by atoms with Crippen molar-refractivity contribution in [2.45, 2.75) is 37.3 Å². The van der Waals surface area contributed by atoms with Crippen LogP contribution in [0, 0.1) is 0 Å². The molecule has 0 saturated carbocycles. The number of hydrogen-bond acceptors (Lipinski definition) is 2. The summed E-state index contributed by atoms with van der Waals surface area (Å²) in [6.45, 7) is 4.67. The molecular formula is C24H24N2. The molecule has 0 spiro atoms. The lowest BCUT2D eigenvalue weighted by Crippen LogP contribution is -2.31. The van der Waals surface area contributed by atoms with Crippen molar-refractivity contribution in [3.05, 3.63) is 89.5 Å². The summed E-state index contributed by atoms with van der Waals surface area (Å²) in [5, 5.41) is 7.46. The molecule has 2 nitrogen and oxygen atoms in total. The summed E-state index contributed by atoms with van der Waals surface area (Å²) in [4.78, 5) is 0. The Bertz CT molecular complexity index is 934. The van der Waals surface area contributed by atoms with Crippen LogP contribution in [0.25, 0.3) is 6.08 Å². The fourth-order valence-electron chi connectivity index (χ4n) is 4.47. The van der Waals surface area contributed by atoms with Crippen molar-refractivity contribution in [1.82, 2.24) is 0 Å². The van der Waals surface area contributed by atoms with Crippen LogP contribution in [0.5, 0.6) is 0 Å². The van der Waals surface area contributed by atoms with E-state index in [1.807, 2.05) is 0 Å². The maximum Gasteiger partial charge on any atom is 0.0551 e. The van der Waals surface area contributed by atoms with Gasteiger partial charge < -0.3 is 10.6 Å². The molecule has 130 valence electrons. The van der Waals surface area contributed by atoms with E-state index in [4.69, 9.17) is 0 Å². The minimum Gasteiger partial charge on any atom is -0.378 e. The first-order valence-corrected chi connectivity index (χ1v) is 9.43. The molecule has 0 amide bonds. The highest BCUT2D eigenvalue weighted by atomic mass is 15.0. The molecule has 0 bridgehead atoms. The molecule has 3 unspecified atom stereocenters. The van der Waals surface area contributed by atoms with E-state index < -0.39 is 0 Å². The quantitative estimate of drug-likeness (QED) is 0.757. The standard InChI is InChI=1S/C24H24N2/c1-24(2)19-15-21-18(17-10-6-7-11-20(17)25-21)14-22(19)26-23(24)13-12-16-8-4-3-5-9-16/h3-15,17,20,23,25-26H,1-2H3. The second-order valence-corrected chi connectivity index (χ2v) is 8.06. The van der Waals surface area contributed by atoms with E-state index in [1.165, 1.54) is 28.1 Å². The van der Waals surface area contributed by atoms with Crippen molar-refractivity contribution < 1.29 is 0 Å². The maximum atomic E-state index is 3.76. The van der Waals surface area contributed by atoms with Gasteiger partial charge in [0, 0.05) is 22.7 Å². The summed E-state index contributed by atoms with van der Waals surface area (Å²) in [7, 11) is 0.